The number of carbonyl (C=O) groups excluding carboxylic acids is 1. The molecule has 0 heterocycles. The fourth-order valence-corrected chi connectivity index (χ4v) is 2.14. The van der Waals surface area contributed by atoms with Crippen molar-refractivity contribution in [2.45, 2.75) is 25.7 Å². The second-order valence-electron chi connectivity index (χ2n) is 4.71. The summed E-state index contributed by atoms with van der Waals surface area (Å²) in [4.78, 5) is 13.9. The fourth-order valence-electron chi connectivity index (χ4n) is 2.14. The van der Waals surface area contributed by atoms with Gasteiger partial charge in [-0.2, -0.15) is 0 Å². The highest BCUT2D eigenvalue weighted by molar-refractivity contribution is 5.95. The summed E-state index contributed by atoms with van der Waals surface area (Å²) < 4.78 is 13.8. The third kappa shape index (κ3) is 2.70. The molecule has 1 fully saturated rings. The molecule has 1 amide bonds. The number of nitrogens with zero attached hydrogens (tertiary/aromatic N) is 1. The molecule has 18 heavy (non-hydrogen) atoms. The highest BCUT2D eigenvalue weighted by Gasteiger charge is 2.30. The van der Waals surface area contributed by atoms with Crippen LogP contribution in [-0.2, 0) is 4.79 Å². The van der Waals surface area contributed by atoms with E-state index in [9.17, 15) is 9.18 Å². The van der Waals surface area contributed by atoms with Crippen molar-refractivity contribution in [2.24, 2.45) is 11.7 Å². The molecule has 3 nitrogen and oxygen atoms in total. The lowest BCUT2D eigenvalue weighted by atomic mass is 9.84. The van der Waals surface area contributed by atoms with Gasteiger partial charge in [-0.15, -0.1) is 0 Å². The fraction of sp³-hybridized carbons (Fsp3) is 0.500. The van der Waals surface area contributed by atoms with Crippen LogP contribution in [0.25, 0.3) is 0 Å². The van der Waals surface area contributed by atoms with E-state index >= 15 is 0 Å². The van der Waals surface area contributed by atoms with Crippen LogP contribution in [0.3, 0.4) is 0 Å². The van der Waals surface area contributed by atoms with Crippen LogP contribution >= 0.6 is 0 Å². The molecule has 4 heteroatoms. The van der Waals surface area contributed by atoms with Crippen LogP contribution in [0.4, 0.5) is 10.1 Å². The van der Waals surface area contributed by atoms with Gasteiger partial charge in [0.25, 0.3) is 0 Å². The van der Waals surface area contributed by atoms with Gasteiger partial charge in [-0.3, -0.25) is 4.79 Å². The lowest BCUT2D eigenvalue weighted by molar-refractivity contribution is -0.124. The molecule has 0 unspecified atom stereocenters. The van der Waals surface area contributed by atoms with Crippen LogP contribution in [0.2, 0.25) is 0 Å². The van der Waals surface area contributed by atoms with Gasteiger partial charge < -0.3 is 10.6 Å². The van der Waals surface area contributed by atoms with E-state index in [4.69, 9.17) is 5.73 Å². The largest absolute Gasteiger partial charge is 0.330 e. The zero-order chi connectivity index (χ0) is 13.0. The third-order valence-electron chi connectivity index (χ3n) is 3.45. The van der Waals surface area contributed by atoms with Gasteiger partial charge in [0, 0.05) is 12.5 Å². The molecule has 2 N–H and O–H groups in total. The molecule has 1 aromatic rings. The first-order chi connectivity index (χ1) is 8.74. The van der Waals surface area contributed by atoms with Crippen LogP contribution in [0, 0.1) is 11.7 Å². The minimum atomic E-state index is -0.345. The Kier molecular flexibility index (Phi) is 4.31. The zero-order valence-corrected chi connectivity index (χ0v) is 10.4. The summed E-state index contributed by atoms with van der Waals surface area (Å²) in [6, 6.07) is 6.43. The van der Waals surface area contributed by atoms with E-state index in [0.29, 0.717) is 25.2 Å². The van der Waals surface area contributed by atoms with Crippen molar-refractivity contribution >= 4 is 11.6 Å². The minimum absolute atomic E-state index is 0.0415. The van der Waals surface area contributed by atoms with Crippen molar-refractivity contribution in [3.8, 4) is 0 Å². The first-order valence-corrected chi connectivity index (χ1v) is 6.50. The number of benzene rings is 1. The van der Waals surface area contributed by atoms with E-state index < -0.39 is 0 Å². The number of nitrogens with two attached hydrogens (primary N) is 1. The molecule has 2 rings (SSSR count). The predicted molar refractivity (Wildman–Crippen MR) is 69.8 cm³/mol. The van der Waals surface area contributed by atoms with E-state index in [-0.39, 0.29) is 17.6 Å². The SMILES string of the molecule is NCCCN(C(=O)C1CCC1)c1ccccc1F. The maximum atomic E-state index is 13.8. The molecular formula is C14H19FN2O. The molecule has 1 saturated carbocycles. The number of para-hydroxylation sites is 1. The zero-order valence-electron chi connectivity index (χ0n) is 10.4. The summed E-state index contributed by atoms with van der Waals surface area (Å²) in [6.45, 7) is 0.996. The summed E-state index contributed by atoms with van der Waals surface area (Å²) in [6.07, 6.45) is 3.63. The molecule has 0 atom stereocenters. The van der Waals surface area contributed by atoms with Crippen LogP contribution < -0.4 is 10.6 Å². The average Bonchev–Trinajstić information content (AvgIpc) is 2.29. The molecule has 0 saturated heterocycles. The third-order valence-corrected chi connectivity index (χ3v) is 3.45. The molecule has 1 aromatic carbocycles. The molecule has 98 valence electrons. The van der Waals surface area contributed by atoms with Crippen LogP contribution in [-0.4, -0.2) is 19.0 Å². The Bertz CT molecular complexity index is 418. The van der Waals surface area contributed by atoms with Crippen LogP contribution in [0.15, 0.2) is 24.3 Å². The van der Waals surface area contributed by atoms with Gasteiger partial charge in [0.05, 0.1) is 5.69 Å². The van der Waals surface area contributed by atoms with Gasteiger partial charge in [0.1, 0.15) is 5.82 Å². The molecule has 0 radical (unpaired) electrons. The second kappa shape index (κ2) is 5.96. The lowest BCUT2D eigenvalue weighted by Gasteiger charge is -2.31. The van der Waals surface area contributed by atoms with Crippen molar-refractivity contribution < 1.29 is 9.18 Å². The first-order valence-electron chi connectivity index (χ1n) is 6.50. The quantitative estimate of drug-likeness (QED) is 0.871. The Labute approximate surface area is 107 Å². The number of hydrogen-bond acceptors (Lipinski definition) is 2. The predicted octanol–water partition coefficient (Wildman–Crippen LogP) is 2.31. The van der Waals surface area contributed by atoms with Crippen molar-refractivity contribution in [3.05, 3.63) is 30.1 Å². The number of amides is 1. The smallest absolute Gasteiger partial charge is 0.230 e. The van der Waals surface area contributed by atoms with E-state index in [1.54, 1.807) is 23.1 Å². The second-order valence-corrected chi connectivity index (χ2v) is 4.71. The number of anilines is 1. The van der Waals surface area contributed by atoms with Crippen molar-refractivity contribution in [1.29, 1.82) is 0 Å². The van der Waals surface area contributed by atoms with Crippen LogP contribution in [0.1, 0.15) is 25.7 Å². The maximum Gasteiger partial charge on any atom is 0.230 e. The van der Waals surface area contributed by atoms with E-state index in [1.165, 1.54) is 6.07 Å². The van der Waals surface area contributed by atoms with Gasteiger partial charge in [0.15, 0.2) is 0 Å². The monoisotopic (exact) mass is 250 g/mol. The molecule has 0 bridgehead atoms. The van der Waals surface area contributed by atoms with Gasteiger partial charge in [-0.25, -0.2) is 4.39 Å². The molecule has 1 aliphatic rings. The molecular weight excluding hydrogens is 231 g/mol. The van der Waals surface area contributed by atoms with Gasteiger partial charge in [0.2, 0.25) is 5.91 Å². The number of halogens is 1. The van der Waals surface area contributed by atoms with Crippen LogP contribution in [0.5, 0.6) is 0 Å². The summed E-state index contributed by atoms with van der Waals surface area (Å²) in [7, 11) is 0. The number of carbonyl (C=O) groups is 1. The molecule has 1 aliphatic carbocycles. The summed E-state index contributed by atoms with van der Waals surface area (Å²) in [5.74, 6) is -0.232. The standard InChI is InChI=1S/C14H19FN2O/c15-12-7-1-2-8-13(12)17(10-4-9-16)14(18)11-5-3-6-11/h1-2,7-8,11H,3-6,9-10,16H2. The Morgan fingerprint density at radius 2 is 2.11 bits per heavy atom. The minimum Gasteiger partial charge on any atom is -0.330 e. The highest BCUT2D eigenvalue weighted by Crippen LogP contribution is 2.31. The van der Waals surface area contributed by atoms with Crippen molar-refractivity contribution in [1.82, 2.24) is 0 Å². The normalized spacial score (nSPS) is 15.2. The maximum absolute atomic E-state index is 13.8. The average molecular weight is 250 g/mol. The van der Waals surface area contributed by atoms with Crippen molar-refractivity contribution in [2.75, 3.05) is 18.0 Å². The highest BCUT2D eigenvalue weighted by atomic mass is 19.1. The number of hydrogen-bond donors (Lipinski definition) is 1. The van der Waals surface area contributed by atoms with Crippen molar-refractivity contribution in [3.63, 3.8) is 0 Å². The molecule has 0 aliphatic heterocycles. The van der Waals surface area contributed by atoms with E-state index in [0.717, 1.165) is 19.3 Å². The molecule has 0 spiro atoms. The Morgan fingerprint density at radius 1 is 1.39 bits per heavy atom. The van der Waals surface area contributed by atoms with E-state index in [1.807, 2.05) is 0 Å². The summed E-state index contributed by atoms with van der Waals surface area (Å²) >= 11 is 0. The molecule has 0 aromatic heterocycles. The Hall–Kier alpha value is -1.42. The van der Waals surface area contributed by atoms with Gasteiger partial charge in [-0.05, 0) is 37.9 Å². The van der Waals surface area contributed by atoms with Gasteiger partial charge in [-0.1, -0.05) is 18.6 Å². The van der Waals surface area contributed by atoms with E-state index in [2.05, 4.69) is 0 Å². The Balaban J connectivity index is 2.18. The topological polar surface area (TPSA) is 46.3 Å². The summed E-state index contributed by atoms with van der Waals surface area (Å²) in [5.41, 5.74) is 5.86. The lowest BCUT2D eigenvalue weighted by Crippen LogP contribution is -2.40. The first kappa shape index (κ1) is 13.0. The van der Waals surface area contributed by atoms with Gasteiger partial charge >= 0.3 is 0 Å². The summed E-state index contributed by atoms with van der Waals surface area (Å²) in [5, 5.41) is 0. The Morgan fingerprint density at radius 3 is 2.67 bits per heavy atom. The number of rotatable bonds is 5.